The van der Waals surface area contributed by atoms with Gasteiger partial charge in [0.15, 0.2) is 5.75 Å². The first kappa shape index (κ1) is 11.1. The van der Waals surface area contributed by atoms with Gasteiger partial charge in [0.2, 0.25) is 5.69 Å². The standard InChI is InChI=1S/C12H10N2O3/c1-8-7-10(15)11(12(16)17-8)14-13-9-5-3-2-4-6-9/h2-7,15H,1H3. The van der Waals surface area contributed by atoms with Gasteiger partial charge < -0.3 is 9.52 Å². The molecule has 2 rings (SSSR count). The summed E-state index contributed by atoms with van der Waals surface area (Å²) in [7, 11) is 0. The van der Waals surface area contributed by atoms with Gasteiger partial charge in [0.05, 0.1) is 5.69 Å². The largest absolute Gasteiger partial charge is 0.505 e. The lowest BCUT2D eigenvalue weighted by molar-refractivity contribution is 0.437. The quantitative estimate of drug-likeness (QED) is 0.805. The zero-order valence-electron chi connectivity index (χ0n) is 9.12. The maximum Gasteiger partial charge on any atom is 0.367 e. The molecular weight excluding hydrogens is 220 g/mol. The van der Waals surface area contributed by atoms with Crippen LogP contribution in [0.15, 0.2) is 55.8 Å². The van der Waals surface area contributed by atoms with Crippen molar-refractivity contribution in [3.05, 3.63) is 52.6 Å². The number of hydrogen-bond donors (Lipinski definition) is 1. The number of rotatable bonds is 2. The smallest absolute Gasteiger partial charge is 0.367 e. The van der Waals surface area contributed by atoms with Crippen molar-refractivity contribution in [3.63, 3.8) is 0 Å². The topological polar surface area (TPSA) is 75.2 Å². The van der Waals surface area contributed by atoms with Crippen molar-refractivity contribution in [2.24, 2.45) is 10.2 Å². The monoisotopic (exact) mass is 230 g/mol. The van der Waals surface area contributed by atoms with E-state index in [4.69, 9.17) is 4.42 Å². The van der Waals surface area contributed by atoms with Crippen LogP contribution in [0.1, 0.15) is 5.76 Å². The average Bonchev–Trinajstić information content (AvgIpc) is 2.29. The van der Waals surface area contributed by atoms with E-state index in [-0.39, 0.29) is 11.4 Å². The highest BCUT2D eigenvalue weighted by Gasteiger charge is 2.08. The second-order valence-electron chi connectivity index (χ2n) is 3.41. The normalized spacial score (nSPS) is 10.9. The summed E-state index contributed by atoms with van der Waals surface area (Å²) in [6, 6.07) is 10.2. The maximum absolute atomic E-state index is 11.4. The van der Waals surface area contributed by atoms with E-state index in [9.17, 15) is 9.90 Å². The Morgan fingerprint density at radius 2 is 1.88 bits per heavy atom. The van der Waals surface area contributed by atoms with E-state index in [2.05, 4.69) is 10.2 Å². The SMILES string of the molecule is Cc1cc(O)c(N=Nc2ccccc2)c(=O)o1. The molecule has 0 radical (unpaired) electrons. The van der Waals surface area contributed by atoms with Gasteiger partial charge in [0.25, 0.3) is 0 Å². The highest BCUT2D eigenvalue weighted by molar-refractivity contribution is 5.48. The van der Waals surface area contributed by atoms with Gasteiger partial charge in [-0.25, -0.2) is 4.79 Å². The number of nitrogens with zero attached hydrogens (tertiary/aromatic N) is 2. The predicted molar refractivity (Wildman–Crippen MR) is 62.0 cm³/mol. The van der Waals surface area contributed by atoms with Crippen LogP contribution in [0.2, 0.25) is 0 Å². The zero-order chi connectivity index (χ0) is 12.3. The Hall–Kier alpha value is -2.43. The summed E-state index contributed by atoms with van der Waals surface area (Å²) >= 11 is 0. The van der Waals surface area contributed by atoms with E-state index in [0.29, 0.717) is 11.4 Å². The van der Waals surface area contributed by atoms with Crippen LogP contribution in [-0.4, -0.2) is 5.11 Å². The molecule has 0 atom stereocenters. The second kappa shape index (κ2) is 4.61. The van der Waals surface area contributed by atoms with E-state index >= 15 is 0 Å². The Bertz CT molecular complexity index is 603. The fourth-order valence-electron chi connectivity index (χ4n) is 1.28. The fraction of sp³-hybridized carbons (Fsp3) is 0.0833. The van der Waals surface area contributed by atoms with Crippen LogP contribution in [0.25, 0.3) is 0 Å². The molecule has 0 aliphatic rings. The molecule has 1 aromatic heterocycles. The van der Waals surface area contributed by atoms with Gasteiger partial charge >= 0.3 is 5.63 Å². The Labute approximate surface area is 97.1 Å². The van der Waals surface area contributed by atoms with Crippen LogP contribution in [0.5, 0.6) is 5.75 Å². The molecule has 0 spiro atoms. The highest BCUT2D eigenvalue weighted by Crippen LogP contribution is 2.24. The zero-order valence-corrected chi connectivity index (χ0v) is 9.12. The minimum atomic E-state index is -0.706. The molecule has 5 heteroatoms. The van der Waals surface area contributed by atoms with Gasteiger partial charge in [-0.15, -0.1) is 5.11 Å². The molecule has 0 saturated heterocycles. The molecular formula is C12H10N2O3. The molecule has 2 aromatic rings. The minimum Gasteiger partial charge on any atom is -0.505 e. The molecule has 0 aliphatic carbocycles. The molecule has 17 heavy (non-hydrogen) atoms. The van der Waals surface area contributed by atoms with Gasteiger partial charge in [-0.2, -0.15) is 5.11 Å². The van der Waals surface area contributed by atoms with E-state index in [1.807, 2.05) is 6.07 Å². The molecule has 1 N–H and O–H groups in total. The van der Waals surface area contributed by atoms with E-state index in [1.165, 1.54) is 6.07 Å². The van der Waals surface area contributed by atoms with E-state index < -0.39 is 5.63 Å². The van der Waals surface area contributed by atoms with Gasteiger partial charge in [0.1, 0.15) is 5.76 Å². The summed E-state index contributed by atoms with van der Waals surface area (Å²) in [4.78, 5) is 11.4. The minimum absolute atomic E-state index is 0.195. The van der Waals surface area contributed by atoms with Gasteiger partial charge in [-0.1, -0.05) is 18.2 Å². The highest BCUT2D eigenvalue weighted by atomic mass is 16.4. The lowest BCUT2D eigenvalue weighted by Gasteiger charge is -1.97. The molecule has 0 bridgehead atoms. The van der Waals surface area contributed by atoms with Crippen LogP contribution in [-0.2, 0) is 0 Å². The van der Waals surface area contributed by atoms with Crippen LogP contribution >= 0.6 is 0 Å². The number of benzene rings is 1. The lowest BCUT2D eigenvalue weighted by atomic mass is 10.3. The molecule has 0 aliphatic heterocycles. The average molecular weight is 230 g/mol. The third kappa shape index (κ3) is 2.57. The molecule has 0 amide bonds. The maximum atomic E-state index is 11.4. The van der Waals surface area contributed by atoms with E-state index in [1.54, 1.807) is 31.2 Å². The van der Waals surface area contributed by atoms with Gasteiger partial charge in [0, 0.05) is 6.07 Å². The molecule has 0 unspecified atom stereocenters. The predicted octanol–water partition coefficient (Wildman–Crippen LogP) is 3.07. The first-order valence-electron chi connectivity index (χ1n) is 4.97. The van der Waals surface area contributed by atoms with Crippen molar-refractivity contribution in [2.75, 3.05) is 0 Å². The lowest BCUT2D eigenvalue weighted by Crippen LogP contribution is -1.98. The summed E-state index contributed by atoms with van der Waals surface area (Å²) in [5.41, 5.74) is -0.312. The molecule has 5 nitrogen and oxygen atoms in total. The third-order valence-corrected chi connectivity index (χ3v) is 2.05. The van der Waals surface area contributed by atoms with Gasteiger partial charge in [-0.3, -0.25) is 0 Å². The number of aryl methyl sites for hydroxylation is 1. The summed E-state index contributed by atoms with van der Waals surface area (Å²) in [5, 5.41) is 17.1. The number of azo groups is 1. The van der Waals surface area contributed by atoms with E-state index in [0.717, 1.165) is 0 Å². The Kier molecular flexibility index (Phi) is 3.00. The molecule has 0 saturated carbocycles. The number of aromatic hydroxyl groups is 1. The Morgan fingerprint density at radius 3 is 2.53 bits per heavy atom. The Balaban J connectivity index is 2.37. The Morgan fingerprint density at radius 1 is 1.18 bits per heavy atom. The fourth-order valence-corrected chi connectivity index (χ4v) is 1.28. The summed E-state index contributed by atoms with van der Waals surface area (Å²) in [6.45, 7) is 1.57. The molecule has 1 heterocycles. The molecule has 1 aromatic carbocycles. The van der Waals surface area contributed by atoms with Crippen molar-refractivity contribution < 1.29 is 9.52 Å². The van der Waals surface area contributed by atoms with Crippen LogP contribution in [0.3, 0.4) is 0 Å². The summed E-state index contributed by atoms with van der Waals surface area (Å²) in [6.07, 6.45) is 0. The summed E-state index contributed by atoms with van der Waals surface area (Å²) < 4.78 is 4.81. The summed E-state index contributed by atoms with van der Waals surface area (Å²) in [5.74, 6) is 0.0876. The van der Waals surface area contributed by atoms with Crippen LogP contribution < -0.4 is 5.63 Å². The van der Waals surface area contributed by atoms with Crippen LogP contribution in [0, 0.1) is 6.92 Å². The van der Waals surface area contributed by atoms with Crippen molar-refractivity contribution in [3.8, 4) is 5.75 Å². The van der Waals surface area contributed by atoms with Gasteiger partial charge in [-0.05, 0) is 19.1 Å². The third-order valence-electron chi connectivity index (χ3n) is 2.05. The first-order valence-corrected chi connectivity index (χ1v) is 4.97. The van der Waals surface area contributed by atoms with Crippen LogP contribution in [0.4, 0.5) is 11.4 Å². The number of hydrogen-bond acceptors (Lipinski definition) is 5. The van der Waals surface area contributed by atoms with Crippen molar-refractivity contribution in [1.29, 1.82) is 0 Å². The van der Waals surface area contributed by atoms with Crippen molar-refractivity contribution >= 4 is 11.4 Å². The first-order chi connectivity index (χ1) is 8.16. The van der Waals surface area contributed by atoms with Crippen molar-refractivity contribution in [1.82, 2.24) is 0 Å². The molecule has 0 fully saturated rings. The molecule has 86 valence electrons. The van der Waals surface area contributed by atoms with Crippen molar-refractivity contribution in [2.45, 2.75) is 6.92 Å². The second-order valence-corrected chi connectivity index (χ2v) is 3.41.